The standard InChI is InChI=1S/C39H50N2O13/c1-17-12-11-13-18(2)38(49)41-29-24(16-40-51-10)33(46)26-27(34(29)47)32(45)22(6)36-28(26)37(48)39(8,54-36)52-15-14-25(50-9)19(3)35(53-23(7)42)21(5)31(44)20(4)30(17)43/h11-17,19-21,25,30-31,35,43-47H,1-10H3,(H,41,49)/b12-11-,15-14-,18-13-,40-16-. The van der Waals surface area contributed by atoms with Crippen molar-refractivity contribution in [3.8, 4) is 23.0 Å². The molecule has 15 nitrogen and oxygen atoms in total. The summed E-state index contributed by atoms with van der Waals surface area (Å²) in [7, 11) is 2.66. The molecule has 0 aromatic heterocycles. The van der Waals surface area contributed by atoms with Gasteiger partial charge in [0.15, 0.2) is 5.75 Å². The lowest BCUT2D eigenvalue weighted by atomic mass is 9.78. The highest BCUT2D eigenvalue weighted by Gasteiger charge is 2.50. The summed E-state index contributed by atoms with van der Waals surface area (Å²) in [5.41, 5.74) is -0.636. The largest absolute Gasteiger partial charge is 0.507 e. The molecule has 5 rings (SSSR count). The highest BCUT2D eigenvalue weighted by Crippen LogP contribution is 2.55. The maximum atomic E-state index is 14.2. The first kappa shape index (κ1) is 41.6. The number of ether oxygens (including phenoxy) is 4. The predicted molar refractivity (Wildman–Crippen MR) is 198 cm³/mol. The number of esters is 1. The minimum Gasteiger partial charge on any atom is -0.507 e. The lowest BCUT2D eigenvalue weighted by Gasteiger charge is -2.38. The van der Waals surface area contributed by atoms with E-state index in [2.05, 4.69) is 10.5 Å². The Balaban J connectivity index is 1.96. The fourth-order valence-electron chi connectivity index (χ4n) is 6.98. The number of aromatic hydroxyl groups is 3. The van der Waals surface area contributed by atoms with E-state index in [4.69, 9.17) is 23.8 Å². The number of allylic oxidation sites excluding steroid dienone is 2. The molecular weight excluding hydrogens is 704 g/mol. The van der Waals surface area contributed by atoms with Crippen molar-refractivity contribution >= 4 is 40.3 Å². The number of aliphatic hydroxyl groups is 2. The monoisotopic (exact) mass is 754 g/mol. The van der Waals surface area contributed by atoms with Crippen molar-refractivity contribution in [3.63, 3.8) is 0 Å². The van der Waals surface area contributed by atoms with Crippen molar-refractivity contribution in [1.29, 1.82) is 0 Å². The third kappa shape index (κ3) is 7.74. The van der Waals surface area contributed by atoms with Crippen molar-refractivity contribution in [1.82, 2.24) is 0 Å². The summed E-state index contributed by atoms with van der Waals surface area (Å²) in [5.74, 6) is -8.63. The third-order valence-electron chi connectivity index (χ3n) is 10.3. The van der Waals surface area contributed by atoms with Gasteiger partial charge in [0.25, 0.3) is 11.7 Å². The number of methoxy groups -OCH3 is 1. The van der Waals surface area contributed by atoms with E-state index in [0.29, 0.717) is 0 Å². The van der Waals surface area contributed by atoms with E-state index in [1.165, 1.54) is 60.3 Å². The first-order valence-electron chi connectivity index (χ1n) is 17.5. The van der Waals surface area contributed by atoms with Crippen LogP contribution in [0.5, 0.6) is 23.0 Å². The normalized spacial score (nSPS) is 31.7. The molecule has 0 aliphatic carbocycles. The van der Waals surface area contributed by atoms with Crippen LogP contribution in [0.25, 0.3) is 10.8 Å². The number of hydrogen-bond donors (Lipinski definition) is 6. The van der Waals surface area contributed by atoms with Gasteiger partial charge in [0.2, 0.25) is 0 Å². The van der Waals surface area contributed by atoms with Gasteiger partial charge in [0.1, 0.15) is 30.5 Å². The summed E-state index contributed by atoms with van der Waals surface area (Å²) >= 11 is 0. The maximum Gasteiger partial charge on any atom is 0.312 e. The number of phenolic OH excluding ortho intramolecular Hbond substituents is 3. The zero-order valence-corrected chi connectivity index (χ0v) is 32.0. The summed E-state index contributed by atoms with van der Waals surface area (Å²) in [6.07, 6.45) is 4.44. The SMILES string of the molecule is CO/N=C\c1c2c(O)c3c(O)c(C)c4c(c3c1O)C(=O)C(C)(O/C=C\C(OC)C(C)C(OC(C)=O)C(C)C(O)C(C)C(O)C(C)/C=C\C=C(\C)C(=O)N2)O4. The molecule has 3 heterocycles. The molecule has 9 atom stereocenters. The van der Waals surface area contributed by atoms with Gasteiger partial charge in [0, 0.05) is 61.2 Å². The van der Waals surface area contributed by atoms with Crippen LogP contribution in [0.1, 0.15) is 70.0 Å². The van der Waals surface area contributed by atoms with Crippen LogP contribution in [-0.4, -0.2) is 93.8 Å². The zero-order valence-electron chi connectivity index (χ0n) is 32.0. The average Bonchev–Trinajstić information content (AvgIpc) is 3.39. The molecule has 2 aromatic rings. The minimum absolute atomic E-state index is 0.0323. The number of ketones is 1. The zero-order chi connectivity index (χ0) is 40.4. The van der Waals surface area contributed by atoms with Gasteiger partial charge in [-0.25, -0.2) is 0 Å². The number of carbonyl (C=O) groups excluding carboxylic acids is 3. The average molecular weight is 755 g/mol. The molecule has 0 saturated carbocycles. The van der Waals surface area contributed by atoms with Gasteiger partial charge >= 0.3 is 11.8 Å². The summed E-state index contributed by atoms with van der Waals surface area (Å²) in [4.78, 5) is 44.7. The third-order valence-corrected chi connectivity index (χ3v) is 10.3. The molecule has 9 unspecified atom stereocenters. The molecule has 5 bridgehead atoms. The van der Waals surface area contributed by atoms with Gasteiger partial charge in [-0.2, -0.15) is 0 Å². The van der Waals surface area contributed by atoms with E-state index in [-0.39, 0.29) is 44.5 Å². The lowest BCUT2D eigenvalue weighted by molar-refractivity contribution is -0.160. The van der Waals surface area contributed by atoms with Crippen LogP contribution in [0.4, 0.5) is 5.69 Å². The summed E-state index contributed by atoms with van der Waals surface area (Å²) in [6, 6.07) is 0. The smallest absolute Gasteiger partial charge is 0.312 e. The summed E-state index contributed by atoms with van der Waals surface area (Å²) < 4.78 is 23.3. The quantitative estimate of drug-likeness (QED) is 0.0818. The van der Waals surface area contributed by atoms with E-state index >= 15 is 0 Å². The molecule has 0 spiro atoms. The molecule has 6 N–H and O–H groups in total. The minimum atomic E-state index is -2.05. The van der Waals surface area contributed by atoms with Gasteiger partial charge in [-0.1, -0.05) is 51.1 Å². The first-order valence-corrected chi connectivity index (χ1v) is 17.5. The number of rotatable bonds is 4. The van der Waals surface area contributed by atoms with Gasteiger partial charge in [-0.15, -0.1) is 0 Å². The van der Waals surface area contributed by atoms with E-state index in [1.54, 1.807) is 39.8 Å². The number of oxime groups is 1. The van der Waals surface area contributed by atoms with Crippen LogP contribution in [0.15, 0.2) is 41.3 Å². The second-order valence-electron chi connectivity index (χ2n) is 14.0. The number of nitrogens with zero attached hydrogens (tertiary/aromatic N) is 1. The number of fused-ring (bicyclic) bond motifs is 14. The van der Waals surface area contributed by atoms with E-state index in [9.17, 15) is 39.9 Å². The molecule has 0 saturated heterocycles. The number of aliphatic hydroxyl groups excluding tert-OH is 2. The number of carbonyl (C=O) groups is 3. The Morgan fingerprint density at radius 1 is 0.944 bits per heavy atom. The molecule has 15 heteroatoms. The molecule has 0 fully saturated rings. The second-order valence-corrected chi connectivity index (χ2v) is 14.0. The van der Waals surface area contributed by atoms with Crippen LogP contribution in [0, 0.1) is 30.6 Å². The van der Waals surface area contributed by atoms with Gasteiger partial charge in [-0.05, 0) is 19.9 Å². The predicted octanol–water partition coefficient (Wildman–Crippen LogP) is 4.73. The highest BCUT2D eigenvalue weighted by molar-refractivity contribution is 6.23. The summed E-state index contributed by atoms with van der Waals surface area (Å²) in [5, 5.41) is 63.0. The number of nitrogens with one attached hydrogen (secondary N) is 1. The van der Waals surface area contributed by atoms with Crippen LogP contribution in [-0.2, 0) is 28.6 Å². The van der Waals surface area contributed by atoms with Gasteiger partial charge < -0.3 is 54.6 Å². The van der Waals surface area contributed by atoms with Crippen LogP contribution >= 0.6 is 0 Å². The van der Waals surface area contributed by atoms with E-state index < -0.39 is 88.8 Å². The Kier molecular flexibility index (Phi) is 12.7. The van der Waals surface area contributed by atoms with E-state index in [1.807, 2.05) is 0 Å². The second kappa shape index (κ2) is 16.5. The topological polar surface area (TPSA) is 223 Å². The van der Waals surface area contributed by atoms with Crippen LogP contribution in [0.2, 0.25) is 0 Å². The van der Waals surface area contributed by atoms with Crippen LogP contribution < -0.4 is 10.1 Å². The Morgan fingerprint density at radius 2 is 1.61 bits per heavy atom. The van der Waals surface area contributed by atoms with Crippen molar-refractivity contribution in [2.45, 2.75) is 85.6 Å². The Morgan fingerprint density at radius 3 is 2.22 bits per heavy atom. The molecule has 3 aliphatic rings. The fraction of sp³-hybridized carbons (Fsp3) is 0.487. The number of benzene rings is 2. The molecule has 54 heavy (non-hydrogen) atoms. The number of amides is 1. The van der Waals surface area contributed by atoms with Crippen LogP contribution in [0.3, 0.4) is 0 Å². The lowest BCUT2D eigenvalue weighted by Crippen LogP contribution is -2.46. The van der Waals surface area contributed by atoms with Gasteiger partial charge in [0.05, 0.1) is 53.0 Å². The Labute approximate surface area is 313 Å². The molecule has 2 aromatic carbocycles. The number of anilines is 1. The van der Waals surface area contributed by atoms with Crippen molar-refractivity contribution < 1.29 is 63.7 Å². The number of phenols is 3. The number of Topliss-reactive ketones (excluding diaryl/α,β-unsaturated/α-hetero) is 1. The first-order chi connectivity index (χ1) is 25.3. The fourth-order valence-corrected chi connectivity index (χ4v) is 6.98. The molecule has 0 radical (unpaired) electrons. The maximum absolute atomic E-state index is 14.2. The van der Waals surface area contributed by atoms with Crippen molar-refractivity contribution in [2.24, 2.45) is 28.8 Å². The Hall–Kier alpha value is -5.12. The number of hydrogen-bond acceptors (Lipinski definition) is 14. The highest BCUT2D eigenvalue weighted by atomic mass is 16.7. The Bertz CT molecular complexity index is 1920. The molecular formula is C39H50N2O13. The van der Waals surface area contributed by atoms with Crippen molar-refractivity contribution in [2.75, 3.05) is 19.5 Å². The molecule has 294 valence electrons. The van der Waals surface area contributed by atoms with Crippen molar-refractivity contribution in [3.05, 3.63) is 52.8 Å². The summed E-state index contributed by atoms with van der Waals surface area (Å²) in [6.45, 7) is 12.4. The molecule has 1 amide bonds. The van der Waals surface area contributed by atoms with Gasteiger partial charge in [-0.3, -0.25) is 14.4 Å². The molecule has 3 aliphatic heterocycles. The van der Waals surface area contributed by atoms with E-state index in [0.717, 1.165) is 6.21 Å².